The zero-order chi connectivity index (χ0) is 7.84. The van der Waals surface area contributed by atoms with Gasteiger partial charge in [0.25, 0.3) is 0 Å². The van der Waals surface area contributed by atoms with Gasteiger partial charge in [-0.25, -0.2) is 4.39 Å². The summed E-state index contributed by atoms with van der Waals surface area (Å²) < 4.78 is 21.1. The molecule has 5 heteroatoms. The Morgan fingerprint density at radius 1 is 1.36 bits per heavy atom. The highest BCUT2D eigenvalue weighted by atomic mass is 79.9. The van der Waals surface area contributed by atoms with Gasteiger partial charge in [-0.3, -0.25) is 0 Å². The van der Waals surface area contributed by atoms with Crippen LogP contribution in [0.15, 0.2) is 16.6 Å². The number of fused-ring (bicyclic) bond motifs is 1. The second kappa shape index (κ2) is 2.49. The van der Waals surface area contributed by atoms with Gasteiger partial charge in [0.05, 0.1) is 16.2 Å². The van der Waals surface area contributed by atoms with Crippen LogP contribution in [0.2, 0.25) is 0 Å². The number of hydrogen-bond acceptors (Lipinski definition) is 3. The second-order valence-electron chi connectivity index (χ2n) is 1.99. The molecule has 11 heavy (non-hydrogen) atoms. The molecular weight excluding hydrogens is 231 g/mol. The summed E-state index contributed by atoms with van der Waals surface area (Å²) >= 11 is 4.17. The highest BCUT2D eigenvalue weighted by Crippen LogP contribution is 2.24. The van der Waals surface area contributed by atoms with Gasteiger partial charge in [0.1, 0.15) is 16.9 Å². The number of rotatable bonds is 0. The van der Waals surface area contributed by atoms with Gasteiger partial charge in [-0.1, -0.05) is 0 Å². The first-order valence-corrected chi connectivity index (χ1v) is 4.37. The standard InChI is InChI=1S/C6H2BrFN2S/c7-5-3(8)1-2-4-6(5)10-11-9-4/h1-2H. The van der Waals surface area contributed by atoms with E-state index in [0.29, 0.717) is 9.99 Å². The Balaban J connectivity index is 2.93. The third kappa shape index (κ3) is 1.04. The van der Waals surface area contributed by atoms with Crippen LogP contribution < -0.4 is 0 Å². The van der Waals surface area contributed by atoms with Crippen molar-refractivity contribution in [2.24, 2.45) is 0 Å². The molecule has 1 aromatic carbocycles. The fourth-order valence-corrected chi connectivity index (χ4v) is 1.88. The fourth-order valence-electron chi connectivity index (χ4n) is 0.795. The maximum absolute atomic E-state index is 12.8. The summed E-state index contributed by atoms with van der Waals surface area (Å²) in [6.45, 7) is 0. The van der Waals surface area contributed by atoms with E-state index in [1.165, 1.54) is 6.07 Å². The molecule has 0 amide bonds. The van der Waals surface area contributed by atoms with E-state index >= 15 is 0 Å². The van der Waals surface area contributed by atoms with Gasteiger partial charge >= 0.3 is 0 Å². The van der Waals surface area contributed by atoms with E-state index in [1.807, 2.05) is 0 Å². The van der Waals surface area contributed by atoms with E-state index in [2.05, 4.69) is 24.7 Å². The topological polar surface area (TPSA) is 25.8 Å². The lowest BCUT2D eigenvalue weighted by atomic mass is 10.3. The van der Waals surface area contributed by atoms with E-state index in [-0.39, 0.29) is 5.82 Å². The molecule has 2 nitrogen and oxygen atoms in total. The third-order valence-electron chi connectivity index (χ3n) is 1.32. The van der Waals surface area contributed by atoms with Crippen LogP contribution in [0.1, 0.15) is 0 Å². The van der Waals surface area contributed by atoms with Gasteiger partial charge in [0, 0.05) is 0 Å². The van der Waals surface area contributed by atoms with Crippen molar-refractivity contribution < 1.29 is 4.39 Å². The average molecular weight is 233 g/mol. The summed E-state index contributed by atoms with van der Waals surface area (Å²) in [5.74, 6) is -0.301. The molecule has 0 bridgehead atoms. The second-order valence-corrected chi connectivity index (χ2v) is 3.31. The summed E-state index contributed by atoms with van der Waals surface area (Å²) in [5.41, 5.74) is 1.32. The number of benzene rings is 1. The van der Waals surface area contributed by atoms with Crippen molar-refractivity contribution in [2.75, 3.05) is 0 Å². The smallest absolute Gasteiger partial charge is 0.139 e. The lowest BCUT2D eigenvalue weighted by Crippen LogP contribution is -1.78. The molecule has 0 radical (unpaired) electrons. The molecule has 2 aromatic rings. The van der Waals surface area contributed by atoms with Crippen molar-refractivity contribution in [1.82, 2.24) is 8.75 Å². The van der Waals surface area contributed by atoms with Gasteiger partial charge in [0.2, 0.25) is 0 Å². The van der Waals surface area contributed by atoms with Crippen LogP contribution in [0.25, 0.3) is 11.0 Å². The Bertz CT molecular complexity index is 400. The molecule has 0 fully saturated rings. The van der Waals surface area contributed by atoms with E-state index in [9.17, 15) is 4.39 Å². The first-order chi connectivity index (χ1) is 5.29. The van der Waals surface area contributed by atoms with Crippen LogP contribution in [0, 0.1) is 5.82 Å². The first kappa shape index (κ1) is 7.12. The summed E-state index contributed by atoms with van der Waals surface area (Å²) in [4.78, 5) is 0. The Morgan fingerprint density at radius 2 is 2.18 bits per heavy atom. The van der Waals surface area contributed by atoms with Gasteiger partial charge in [0.15, 0.2) is 0 Å². The molecular formula is C6H2BrFN2S. The van der Waals surface area contributed by atoms with E-state index < -0.39 is 0 Å². The highest BCUT2D eigenvalue weighted by molar-refractivity contribution is 9.10. The molecule has 0 aliphatic rings. The first-order valence-electron chi connectivity index (χ1n) is 2.85. The molecule has 0 saturated heterocycles. The monoisotopic (exact) mass is 232 g/mol. The Hall–Kier alpha value is -0.550. The Labute approximate surface area is 74.5 Å². The quantitative estimate of drug-likeness (QED) is 0.698. The largest absolute Gasteiger partial charge is 0.206 e. The lowest BCUT2D eigenvalue weighted by molar-refractivity contribution is 0.623. The maximum Gasteiger partial charge on any atom is 0.139 e. The minimum absolute atomic E-state index is 0.301. The molecule has 0 atom stereocenters. The average Bonchev–Trinajstić information content (AvgIpc) is 2.45. The molecule has 0 unspecified atom stereocenters. The van der Waals surface area contributed by atoms with Crippen molar-refractivity contribution in [2.45, 2.75) is 0 Å². The summed E-state index contributed by atoms with van der Waals surface area (Å²) in [5, 5.41) is 0. The van der Waals surface area contributed by atoms with E-state index in [1.54, 1.807) is 6.07 Å². The van der Waals surface area contributed by atoms with Crippen LogP contribution in [0.3, 0.4) is 0 Å². The SMILES string of the molecule is Fc1ccc2nsnc2c1Br. The molecule has 0 spiro atoms. The van der Waals surface area contributed by atoms with Crippen molar-refractivity contribution in [1.29, 1.82) is 0 Å². The van der Waals surface area contributed by atoms with Crippen LogP contribution in [0.4, 0.5) is 4.39 Å². The predicted octanol–water partition coefficient (Wildman–Crippen LogP) is 2.59. The fraction of sp³-hybridized carbons (Fsp3) is 0. The Morgan fingerprint density at radius 3 is 3.00 bits per heavy atom. The van der Waals surface area contributed by atoms with Crippen molar-refractivity contribution >= 4 is 38.7 Å². The van der Waals surface area contributed by atoms with Crippen LogP contribution in [0.5, 0.6) is 0 Å². The van der Waals surface area contributed by atoms with Gasteiger partial charge < -0.3 is 0 Å². The van der Waals surface area contributed by atoms with E-state index in [0.717, 1.165) is 17.2 Å². The van der Waals surface area contributed by atoms with Crippen LogP contribution >= 0.6 is 27.7 Å². The molecule has 0 aliphatic heterocycles. The Kier molecular flexibility index (Phi) is 1.61. The maximum atomic E-state index is 12.8. The lowest BCUT2D eigenvalue weighted by Gasteiger charge is -1.91. The number of halogens is 2. The molecule has 2 rings (SSSR count). The summed E-state index contributed by atoms with van der Waals surface area (Å²) in [6.07, 6.45) is 0. The van der Waals surface area contributed by atoms with Gasteiger partial charge in [-0.2, -0.15) is 8.75 Å². The summed E-state index contributed by atoms with van der Waals surface area (Å²) in [7, 11) is 0. The van der Waals surface area contributed by atoms with Gasteiger partial charge in [-0.05, 0) is 28.1 Å². The highest BCUT2D eigenvalue weighted by Gasteiger charge is 2.06. The third-order valence-corrected chi connectivity index (χ3v) is 2.62. The van der Waals surface area contributed by atoms with Crippen molar-refractivity contribution in [3.8, 4) is 0 Å². The minimum atomic E-state index is -0.301. The molecule has 0 saturated carbocycles. The zero-order valence-corrected chi connectivity index (χ0v) is 7.62. The number of hydrogen-bond donors (Lipinski definition) is 0. The zero-order valence-electron chi connectivity index (χ0n) is 5.21. The normalized spacial score (nSPS) is 10.7. The van der Waals surface area contributed by atoms with Gasteiger partial charge in [-0.15, -0.1) is 0 Å². The number of nitrogens with zero attached hydrogens (tertiary/aromatic N) is 2. The van der Waals surface area contributed by atoms with E-state index in [4.69, 9.17) is 0 Å². The van der Waals surface area contributed by atoms with Crippen LogP contribution in [-0.4, -0.2) is 8.75 Å². The number of aromatic nitrogens is 2. The minimum Gasteiger partial charge on any atom is -0.206 e. The van der Waals surface area contributed by atoms with Crippen LogP contribution in [-0.2, 0) is 0 Å². The molecule has 0 aliphatic carbocycles. The van der Waals surface area contributed by atoms with Crippen molar-refractivity contribution in [3.05, 3.63) is 22.4 Å². The molecule has 56 valence electrons. The summed E-state index contributed by atoms with van der Waals surface area (Å²) in [6, 6.07) is 2.98. The predicted molar refractivity (Wildman–Crippen MR) is 45.1 cm³/mol. The molecule has 0 N–H and O–H groups in total. The van der Waals surface area contributed by atoms with Crippen molar-refractivity contribution in [3.63, 3.8) is 0 Å². The molecule has 1 heterocycles. The molecule has 1 aromatic heterocycles.